The highest BCUT2D eigenvalue weighted by molar-refractivity contribution is 14.0. The molecule has 0 aliphatic heterocycles. The molecular formula is C23H36IN5O3. The van der Waals surface area contributed by atoms with Gasteiger partial charge in [0.2, 0.25) is 5.91 Å². The lowest BCUT2D eigenvalue weighted by atomic mass is 9.96. The minimum atomic E-state index is -1.10. The quantitative estimate of drug-likeness (QED) is 0.215. The van der Waals surface area contributed by atoms with Crippen LogP contribution >= 0.6 is 24.0 Å². The predicted octanol–water partition coefficient (Wildman–Crippen LogP) is 2.98. The van der Waals surface area contributed by atoms with E-state index < -0.39 is 5.60 Å². The van der Waals surface area contributed by atoms with Crippen LogP contribution in [0.3, 0.4) is 0 Å². The standard InChI is InChI=1S/C23H35N5O3.HI/c1-7-24-22(26-15-23(4,30)20-11-16(2)31-17(20)3)25-13-18-9-8-10-19(12-18)27-21(29)14-28(5)6;/h8-12,30H,7,13-15H2,1-6H3,(H,27,29)(H2,24,25,26);1H. The Balaban J connectivity index is 0.00000512. The van der Waals surface area contributed by atoms with Crippen molar-refractivity contribution in [2.45, 2.75) is 39.8 Å². The summed E-state index contributed by atoms with van der Waals surface area (Å²) in [5.74, 6) is 2.01. The molecule has 1 amide bonds. The molecule has 1 heterocycles. The van der Waals surface area contributed by atoms with Gasteiger partial charge in [-0.05, 0) is 65.6 Å². The van der Waals surface area contributed by atoms with Crippen molar-refractivity contribution in [2.24, 2.45) is 4.99 Å². The largest absolute Gasteiger partial charge is 0.466 e. The molecule has 2 aromatic rings. The van der Waals surface area contributed by atoms with E-state index in [1.54, 1.807) is 6.92 Å². The second kappa shape index (κ2) is 12.8. The summed E-state index contributed by atoms with van der Waals surface area (Å²) < 4.78 is 5.55. The monoisotopic (exact) mass is 557 g/mol. The first kappa shape index (κ1) is 27.9. The van der Waals surface area contributed by atoms with Crippen molar-refractivity contribution >= 4 is 41.5 Å². The highest BCUT2D eigenvalue weighted by atomic mass is 127. The number of aliphatic hydroxyl groups is 1. The number of guanidine groups is 1. The SMILES string of the molecule is CCNC(=NCc1cccc(NC(=O)CN(C)C)c1)NCC(C)(O)c1cc(C)oc1C.I. The number of aryl methyl sites for hydroxylation is 2. The smallest absolute Gasteiger partial charge is 0.238 e. The predicted molar refractivity (Wildman–Crippen MR) is 140 cm³/mol. The highest BCUT2D eigenvalue weighted by Gasteiger charge is 2.27. The van der Waals surface area contributed by atoms with Gasteiger partial charge in [-0.2, -0.15) is 0 Å². The van der Waals surface area contributed by atoms with Crippen molar-refractivity contribution in [1.29, 1.82) is 0 Å². The van der Waals surface area contributed by atoms with Gasteiger partial charge in [-0.25, -0.2) is 4.99 Å². The first-order valence-corrected chi connectivity index (χ1v) is 10.5. The van der Waals surface area contributed by atoms with Crippen molar-refractivity contribution in [1.82, 2.24) is 15.5 Å². The third-order valence-electron chi connectivity index (χ3n) is 4.66. The summed E-state index contributed by atoms with van der Waals surface area (Å²) in [5.41, 5.74) is 1.36. The zero-order valence-electron chi connectivity index (χ0n) is 19.8. The number of hydrogen-bond acceptors (Lipinski definition) is 5. The van der Waals surface area contributed by atoms with Crippen LogP contribution in [0, 0.1) is 13.8 Å². The Morgan fingerprint density at radius 3 is 2.53 bits per heavy atom. The summed E-state index contributed by atoms with van der Waals surface area (Å²) in [6.45, 7) is 9.17. The Morgan fingerprint density at radius 1 is 1.22 bits per heavy atom. The zero-order chi connectivity index (χ0) is 23.0. The first-order valence-electron chi connectivity index (χ1n) is 10.5. The maximum atomic E-state index is 12.0. The normalized spacial score (nSPS) is 13.3. The average molecular weight is 557 g/mol. The summed E-state index contributed by atoms with van der Waals surface area (Å²) in [7, 11) is 3.71. The highest BCUT2D eigenvalue weighted by Crippen LogP contribution is 2.26. The first-order chi connectivity index (χ1) is 14.6. The van der Waals surface area contributed by atoms with E-state index in [1.165, 1.54) is 0 Å². The van der Waals surface area contributed by atoms with Crippen molar-refractivity contribution in [3.8, 4) is 0 Å². The fourth-order valence-corrected chi connectivity index (χ4v) is 3.26. The molecule has 0 fully saturated rings. The Hall–Kier alpha value is -2.11. The number of likely N-dealkylation sites (N-methyl/N-ethyl adjacent to an activating group) is 1. The molecule has 0 bridgehead atoms. The third kappa shape index (κ3) is 8.79. The summed E-state index contributed by atoms with van der Waals surface area (Å²) >= 11 is 0. The van der Waals surface area contributed by atoms with E-state index in [1.807, 2.05) is 70.1 Å². The van der Waals surface area contributed by atoms with Gasteiger partial charge in [0, 0.05) is 17.8 Å². The number of nitrogens with one attached hydrogen (secondary N) is 3. The molecule has 32 heavy (non-hydrogen) atoms. The number of carbonyl (C=O) groups is 1. The molecule has 0 aliphatic rings. The molecule has 8 nitrogen and oxygen atoms in total. The Bertz CT molecular complexity index is 909. The minimum Gasteiger partial charge on any atom is -0.466 e. The molecule has 0 saturated heterocycles. The molecule has 1 aromatic heterocycles. The second-order valence-electron chi connectivity index (χ2n) is 8.14. The van der Waals surface area contributed by atoms with Crippen LogP contribution in [0.5, 0.6) is 0 Å². The second-order valence-corrected chi connectivity index (χ2v) is 8.14. The van der Waals surface area contributed by atoms with Gasteiger partial charge in [-0.1, -0.05) is 12.1 Å². The molecule has 0 aliphatic carbocycles. The van der Waals surface area contributed by atoms with E-state index in [9.17, 15) is 9.90 Å². The maximum Gasteiger partial charge on any atom is 0.238 e. The molecule has 1 unspecified atom stereocenters. The Labute approximate surface area is 207 Å². The van der Waals surface area contributed by atoms with Gasteiger partial charge < -0.3 is 30.4 Å². The van der Waals surface area contributed by atoms with Gasteiger partial charge in [0.15, 0.2) is 5.96 Å². The van der Waals surface area contributed by atoms with E-state index in [0.717, 1.165) is 22.6 Å². The molecule has 2 rings (SSSR count). The summed E-state index contributed by atoms with van der Waals surface area (Å²) in [4.78, 5) is 18.4. The van der Waals surface area contributed by atoms with Crippen LogP contribution in [0.2, 0.25) is 0 Å². The zero-order valence-corrected chi connectivity index (χ0v) is 22.1. The number of benzene rings is 1. The molecule has 9 heteroatoms. The number of anilines is 1. The van der Waals surface area contributed by atoms with Gasteiger partial charge in [0.25, 0.3) is 0 Å². The lowest BCUT2D eigenvalue weighted by molar-refractivity contribution is -0.116. The summed E-state index contributed by atoms with van der Waals surface area (Å²) in [6, 6.07) is 9.48. The molecule has 1 atom stereocenters. The van der Waals surface area contributed by atoms with Gasteiger partial charge >= 0.3 is 0 Å². The van der Waals surface area contributed by atoms with Crippen molar-refractivity contribution in [3.63, 3.8) is 0 Å². The van der Waals surface area contributed by atoms with Gasteiger partial charge in [-0.15, -0.1) is 24.0 Å². The topological polar surface area (TPSA) is 102 Å². The van der Waals surface area contributed by atoms with Crippen molar-refractivity contribution < 1.29 is 14.3 Å². The Morgan fingerprint density at radius 2 is 1.94 bits per heavy atom. The van der Waals surface area contributed by atoms with Crippen LogP contribution in [0.15, 0.2) is 39.7 Å². The van der Waals surface area contributed by atoms with E-state index in [4.69, 9.17) is 4.42 Å². The van der Waals surface area contributed by atoms with E-state index in [-0.39, 0.29) is 36.4 Å². The number of nitrogens with zero attached hydrogens (tertiary/aromatic N) is 2. The molecule has 178 valence electrons. The van der Waals surface area contributed by atoms with Crippen molar-refractivity contribution in [3.05, 3.63) is 53.0 Å². The van der Waals surface area contributed by atoms with Crippen molar-refractivity contribution in [2.75, 3.05) is 39.0 Å². The number of hydrogen-bond donors (Lipinski definition) is 4. The van der Waals surface area contributed by atoms with Crippen LogP contribution in [0.4, 0.5) is 5.69 Å². The van der Waals surface area contributed by atoms with Gasteiger partial charge in [0.1, 0.15) is 17.1 Å². The van der Waals surface area contributed by atoms with Crippen LogP contribution in [-0.2, 0) is 16.9 Å². The van der Waals surface area contributed by atoms with Crippen LogP contribution in [0.1, 0.15) is 36.5 Å². The van der Waals surface area contributed by atoms with Gasteiger partial charge in [-0.3, -0.25) is 4.79 Å². The number of rotatable bonds is 9. The minimum absolute atomic E-state index is 0. The van der Waals surface area contributed by atoms with E-state index >= 15 is 0 Å². The van der Waals surface area contributed by atoms with Crippen LogP contribution < -0.4 is 16.0 Å². The summed E-state index contributed by atoms with van der Waals surface area (Å²) in [6.07, 6.45) is 0. The van der Waals surface area contributed by atoms with E-state index in [2.05, 4.69) is 20.9 Å². The van der Waals surface area contributed by atoms with Crippen LogP contribution in [-0.4, -0.2) is 55.6 Å². The number of aliphatic imine (C=N–C) groups is 1. The molecule has 0 saturated carbocycles. The lowest BCUT2D eigenvalue weighted by Crippen LogP contribution is -2.44. The lowest BCUT2D eigenvalue weighted by Gasteiger charge is -2.24. The molecular weight excluding hydrogens is 521 g/mol. The number of furan rings is 1. The molecule has 0 radical (unpaired) electrons. The fraction of sp³-hybridized carbons (Fsp3) is 0.478. The number of amides is 1. The molecule has 1 aromatic carbocycles. The van der Waals surface area contributed by atoms with Crippen LogP contribution in [0.25, 0.3) is 0 Å². The fourth-order valence-electron chi connectivity index (χ4n) is 3.26. The maximum absolute atomic E-state index is 12.0. The number of halogens is 1. The average Bonchev–Trinajstić information content (AvgIpc) is 3.02. The molecule has 0 spiro atoms. The third-order valence-corrected chi connectivity index (χ3v) is 4.66. The summed E-state index contributed by atoms with van der Waals surface area (Å²) in [5, 5.41) is 20.2. The van der Waals surface area contributed by atoms with E-state index in [0.29, 0.717) is 31.4 Å². The number of carbonyl (C=O) groups excluding carboxylic acids is 1. The molecule has 4 N–H and O–H groups in total. The Kier molecular flexibility index (Phi) is 11.2. The van der Waals surface area contributed by atoms with Gasteiger partial charge in [0.05, 0.1) is 19.6 Å².